The van der Waals surface area contributed by atoms with E-state index in [1.165, 1.54) is 10.5 Å². The van der Waals surface area contributed by atoms with Crippen LogP contribution in [0.25, 0.3) is 0 Å². The monoisotopic (exact) mass is 299 g/mol. The summed E-state index contributed by atoms with van der Waals surface area (Å²) in [7, 11) is -1.80. The van der Waals surface area contributed by atoms with Crippen molar-refractivity contribution in [2.24, 2.45) is 0 Å². The smallest absolute Gasteiger partial charge is 0.244 e. The summed E-state index contributed by atoms with van der Waals surface area (Å²) < 4.78 is 31.2. The minimum absolute atomic E-state index is 0.244. The summed E-state index contributed by atoms with van der Waals surface area (Å²) >= 11 is 0. The zero-order chi connectivity index (χ0) is 14.4. The van der Waals surface area contributed by atoms with Crippen LogP contribution in [0.5, 0.6) is 0 Å². The molecule has 2 heterocycles. The van der Waals surface area contributed by atoms with E-state index in [4.69, 9.17) is 4.74 Å². The predicted molar refractivity (Wildman–Crippen MR) is 75.9 cm³/mol. The Hall–Kier alpha value is -1.02. The molecule has 0 saturated carbocycles. The van der Waals surface area contributed by atoms with Crippen molar-refractivity contribution in [1.82, 2.24) is 14.2 Å². The second-order valence-corrected chi connectivity index (χ2v) is 6.87. The lowest BCUT2D eigenvalue weighted by Gasteiger charge is -2.27. The van der Waals surface area contributed by atoms with Crippen LogP contribution < -0.4 is 0 Å². The lowest BCUT2D eigenvalue weighted by Crippen LogP contribution is -2.38. The molecule has 1 saturated heterocycles. The van der Waals surface area contributed by atoms with Gasteiger partial charge in [-0.25, -0.2) is 12.7 Å². The molecular weight excluding hydrogens is 278 g/mol. The molecule has 0 bridgehead atoms. The van der Waals surface area contributed by atoms with Crippen LogP contribution in [0, 0.1) is 0 Å². The average Bonchev–Trinajstić information content (AvgIpc) is 2.49. The maximum absolute atomic E-state index is 12.3. The van der Waals surface area contributed by atoms with Crippen molar-refractivity contribution >= 4 is 10.0 Å². The average molecular weight is 299 g/mol. The molecule has 0 spiro atoms. The van der Waals surface area contributed by atoms with Crippen LogP contribution in [-0.2, 0) is 14.8 Å². The first-order valence-corrected chi connectivity index (χ1v) is 8.21. The van der Waals surface area contributed by atoms with E-state index < -0.39 is 10.0 Å². The Balaban J connectivity index is 1.83. The summed E-state index contributed by atoms with van der Waals surface area (Å²) in [5.41, 5.74) is 0. The third-order valence-corrected chi connectivity index (χ3v) is 5.23. The molecule has 2 rings (SSSR count). The van der Waals surface area contributed by atoms with Crippen LogP contribution in [-0.4, -0.2) is 69.0 Å². The number of aromatic nitrogens is 1. The molecule has 0 atom stereocenters. The molecule has 1 aromatic rings. The van der Waals surface area contributed by atoms with E-state index in [0.717, 1.165) is 39.3 Å². The summed E-state index contributed by atoms with van der Waals surface area (Å²) in [6.45, 7) is 4.80. The highest BCUT2D eigenvalue weighted by Crippen LogP contribution is 2.12. The molecule has 7 heteroatoms. The topological polar surface area (TPSA) is 62.7 Å². The minimum Gasteiger partial charge on any atom is -0.379 e. The molecule has 1 aromatic heterocycles. The summed E-state index contributed by atoms with van der Waals surface area (Å²) in [5, 5.41) is 0. The van der Waals surface area contributed by atoms with Crippen molar-refractivity contribution in [3.05, 3.63) is 24.5 Å². The quantitative estimate of drug-likeness (QED) is 0.762. The Labute approximate surface area is 120 Å². The van der Waals surface area contributed by atoms with Gasteiger partial charge in [0.05, 0.1) is 13.2 Å². The molecule has 0 amide bonds. The first-order chi connectivity index (χ1) is 9.60. The number of pyridine rings is 1. The fraction of sp³-hybridized carbons (Fsp3) is 0.615. The van der Waals surface area contributed by atoms with E-state index in [1.54, 1.807) is 25.4 Å². The molecular formula is C13H21N3O3S. The van der Waals surface area contributed by atoms with Gasteiger partial charge in [0.15, 0.2) is 0 Å². The molecule has 1 aliphatic heterocycles. The summed E-state index contributed by atoms with van der Waals surface area (Å²) in [4.78, 5) is 6.40. The van der Waals surface area contributed by atoms with Gasteiger partial charge < -0.3 is 4.74 Å². The first-order valence-electron chi connectivity index (χ1n) is 6.77. The Morgan fingerprint density at radius 2 is 2.15 bits per heavy atom. The number of morpholine rings is 1. The highest BCUT2D eigenvalue weighted by molar-refractivity contribution is 7.89. The maximum atomic E-state index is 12.3. The number of hydrogen-bond acceptors (Lipinski definition) is 5. The van der Waals surface area contributed by atoms with E-state index in [-0.39, 0.29) is 4.90 Å². The third kappa shape index (κ3) is 3.99. The van der Waals surface area contributed by atoms with Gasteiger partial charge in [-0.1, -0.05) is 0 Å². The van der Waals surface area contributed by atoms with Gasteiger partial charge in [-0.2, -0.15) is 0 Å². The van der Waals surface area contributed by atoms with Crippen LogP contribution in [0.15, 0.2) is 29.4 Å². The van der Waals surface area contributed by atoms with Gasteiger partial charge in [-0.15, -0.1) is 0 Å². The number of rotatable bonds is 6. The fourth-order valence-corrected chi connectivity index (χ4v) is 3.32. The van der Waals surface area contributed by atoms with Crippen LogP contribution in [0.3, 0.4) is 0 Å². The van der Waals surface area contributed by atoms with E-state index in [1.807, 2.05) is 0 Å². The molecule has 0 N–H and O–H groups in total. The molecule has 6 nitrogen and oxygen atoms in total. The largest absolute Gasteiger partial charge is 0.379 e. The molecule has 1 fully saturated rings. The lowest BCUT2D eigenvalue weighted by atomic mass is 10.3. The summed E-state index contributed by atoms with van der Waals surface area (Å²) in [6.07, 6.45) is 3.77. The van der Waals surface area contributed by atoms with E-state index >= 15 is 0 Å². The summed E-state index contributed by atoms with van der Waals surface area (Å²) in [5.74, 6) is 0. The van der Waals surface area contributed by atoms with Gasteiger partial charge in [0.25, 0.3) is 0 Å². The first kappa shape index (κ1) is 15.4. The Morgan fingerprint density at radius 1 is 1.40 bits per heavy atom. The van der Waals surface area contributed by atoms with Crippen LogP contribution in [0.1, 0.15) is 6.42 Å². The van der Waals surface area contributed by atoms with Crippen molar-refractivity contribution in [1.29, 1.82) is 0 Å². The standard InChI is InChI=1S/C13H21N3O3S/c1-15(6-3-7-16-8-10-19-11-9-16)20(17,18)13-4-2-5-14-12-13/h2,4-5,12H,3,6-11H2,1H3. The van der Waals surface area contributed by atoms with Crippen molar-refractivity contribution in [3.63, 3.8) is 0 Å². The van der Waals surface area contributed by atoms with Crippen molar-refractivity contribution < 1.29 is 13.2 Å². The number of ether oxygens (including phenoxy) is 1. The molecule has 112 valence electrons. The van der Waals surface area contributed by atoms with Gasteiger partial charge in [0.1, 0.15) is 4.90 Å². The Morgan fingerprint density at radius 3 is 2.80 bits per heavy atom. The van der Waals surface area contributed by atoms with Crippen LogP contribution >= 0.6 is 0 Å². The highest BCUT2D eigenvalue weighted by atomic mass is 32.2. The predicted octanol–water partition coefficient (Wildman–Crippen LogP) is 0.424. The van der Waals surface area contributed by atoms with Crippen molar-refractivity contribution in [3.8, 4) is 0 Å². The SMILES string of the molecule is CN(CCCN1CCOCC1)S(=O)(=O)c1cccnc1. The van der Waals surface area contributed by atoms with E-state index in [2.05, 4.69) is 9.88 Å². The van der Waals surface area contributed by atoms with Gasteiger partial charge in [0, 0.05) is 39.1 Å². The fourth-order valence-electron chi connectivity index (χ4n) is 2.14. The number of nitrogens with zero attached hydrogens (tertiary/aromatic N) is 3. The van der Waals surface area contributed by atoms with E-state index in [0.29, 0.717) is 6.54 Å². The highest BCUT2D eigenvalue weighted by Gasteiger charge is 2.20. The number of sulfonamides is 1. The summed E-state index contributed by atoms with van der Waals surface area (Å²) in [6, 6.07) is 3.20. The molecule has 0 unspecified atom stereocenters. The normalized spacial score (nSPS) is 17.5. The van der Waals surface area contributed by atoms with Gasteiger partial charge >= 0.3 is 0 Å². The molecule has 0 aromatic carbocycles. The second kappa shape index (κ2) is 7.12. The van der Waals surface area contributed by atoms with Crippen LogP contribution in [0.2, 0.25) is 0 Å². The van der Waals surface area contributed by atoms with Crippen molar-refractivity contribution in [2.75, 3.05) is 46.4 Å². The van der Waals surface area contributed by atoms with Crippen molar-refractivity contribution in [2.45, 2.75) is 11.3 Å². The lowest BCUT2D eigenvalue weighted by molar-refractivity contribution is 0.0370. The molecule has 0 aliphatic carbocycles. The Kier molecular flexibility index (Phi) is 5.47. The molecule has 20 heavy (non-hydrogen) atoms. The van der Waals surface area contributed by atoms with Crippen LogP contribution in [0.4, 0.5) is 0 Å². The van der Waals surface area contributed by atoms with E-state index in [9.17, 15) is 8.42 Å². The third-order valence-electron chi connectivity index (χ3n) is 3.39. The Bertz CT molecular complexity index is 501. The zero-order valence-corrected chi connectivity index (χ0v) is 12.6. The van der Waals surface area contributed by atoms with Gasteiger partial charge in [0.2, 0.25) is 10.0 Å². The zero-order valence-electron chi connectivity index (χ0n) is 11.7. The number of hydrogen-bond donors (Lipinski definition) is 0. The van der Waals surface area contributed by atoms with Gasteiger partial charge in [-0.3, -0.25) is 9.88 Å². The van der Waals surface area contributed by atoms with Gasteiger partial charge in [-0.05, 0) is 25.1 Å². The molecule has 1 aliphatic rings. The minimum atomic E-state index is -3.41. The molecule has 0 radical (unpaired) electrons. The maximum Gasteiger partial charge on any atom is 0.244 e. The second-order valence-electron chi connectivity index (χ2n) is 4.82.